The van der Waals surface area contributed by atoms with E-state index in [9.17, 15) is 14.4 Å². The molecule has 4 rings (SSSR count). The lowest BCUT2D eigenvalue weighted by Crippen LogP contribution is -2.19. The third kappa shape index (κ3) is 4.70. The van der Waals surface area contributed by atoms with Crippen molar-refractivity contribution in [2.45, 2.75) is 13.5 Å². The molecule has 3 aromatic carbocycles. The molecule has 0 aliphatic carbocycles. The lowest BCUT2D eigenvalue weighted by molar-refractivity contribution is -0.139. The van der Waals surface area contributed by atoms with Crippen LogP contribution in [0.1, 0.15) is 21.5 Å². The minimum absolute atomic E-state index is 0.231. The molecule has 1 aliphatic heterocycles. The van der Waals surface area contributed by atoms with Crippen molar-refractivity contribution >= 4 is 29.3 Å². The number of aliphatic carboxylic acids is 1. The molecule has 1 heterocycles. The Morgan fingerprint density at radius 2 is 1.75 bits per heavy atom. The number of benzene rings is 3. The Balaban J connectivity index is 1.51. The van der Waals surface area contributed by atoms with Crippen molar-refractivity contribution in [2.75, 3.05) is 17.2 Å². The van der Waals surface area contributed by atoms with E-state index in [2.05, 4.69) is 16.0 Å². The van der Waals surface area contributed by atoms with E-state index in [1.165, 1.54) is 0 Å². The first-order chi connectivity index (χ1) is 15.4. The highest BCUT2D eigenvalue weighted by Gasteiger charge is 2.25. The molecule has 3 aromatic rings. The molecule has 0 atom stereocenters. The maximum Gasteiger partial charge on any atom is 0.341 e. The van der Waals surface area contributed by atoms with Crippen LogP contribution in [0.4, 0.5) is 16.2 Å². The minimum atomic E-state index is -1.12. The molecule has 0 spiro atoms. The maximum absolute atomic E-state index is 12.3. The lowest BCUT2D eigenvalue weighted by Gasteiger charge is -2.12. The molecule has 4 N–H and O–H groups in total. The van der Waals surface area contributed by atoms with Gasteiger partial charge in [0.25, 0.3) is 5.91 Å². The van der Waals surface area contributed by atoms with Crippen molar-refractivity contribution in [3.8, 4) is 16.9 Å². The predicted octanol–water partition coefficient (Wildman–Crippen LogP) is 4.01. The van der Waals surface area contributed by atoms with E-state index in [0.717, 1.165) is 22.3 Å². The molecule has 0 saturated carbocycles. The molecule has 32 heavy (non-hydrogen) atoms. The molecule has 8 nitrogen and oxygen atoms in total. The highest BCUT2D eigenvalue weighted by Crippen LogP contribution is 2.33. The van der Waals surface area contributed by atoms with E-state index < -0.39 is 12.6 Å². The van der Waals surface area contributed by atoms with Crippen LogP contribution in [0.3, 0.4) is 0 Å². The topological polar surface area (TPSA) is 117 Å². The molecule has 0 aromatic heterocycles. The number of nitrogens with one attached hydrogen (secondary N) is 3. The largest absolute Gasteiger partial charge is 0.481 e. The number of anilines is 2. The summed E-state index contributed by atoms with van der Waals surface area (Å²) in [5.74, 6) is -1.18. The summed E-state index contributed by atoms with van der Waals surface area (Å²) in [5, 5.41) is 17.2. The number of urea groups is 1. The van der Waals surface area contributed by atoms with Gasteiger partial charge in [-0.1, -0.05) is 24.3 Å². The van der Waals surface area contributed by atoms with E-state index in [1.807, 2.05) is 49.4 Å². The zero-order chi connectivity index (χ0) is 22.7. The molecular weight excluding hydrogens is 410 g/mol. The Kier molecular flexibility index (Phi) is 5.76. The number of hydrogen-bond donors (Lipinski definition) is 4. The average molecular weight is 431 g/mol. The van der Waals surface area contributed by atoms with Gasteiger partial charge in [0.15, 0.2) is 6.61 Å². The van der Waals surface area contributed by atoms with Crippen LogP contribution >= 0.6 is 0 Å². The van der Waals surface area contributed by atoms with Crippen LogP contribution in [0.5, 0.6) is 5.75 Å². The Morgan fingerprint density at radius 3 is 2.47 bits per heavy atom. The fourth-order valence-electron chi connectivity index (χ4n) is 3.52. The summed E-state index contributed by atoms with van der Waals surface area (Å²) in [6.45, 7) is 1.76. The number of amides is 3. The van der Waals surface area contributed by atoms with Gasteiger partial charge in [-0.05, 0) is 65.6 Å². The highest BCUT2D eigenvalue weighted by molar-refractivity contribution is 6.02. The Morgan fingerprint density at radius 1 is 1.00 bits per heavy atom. The summed E-state index contributed by atoms with van der Waals surface area (Å²) in [6.07, 6.45) is 0. The average Bonchev–Trinajstić information content (AvgIpc) is 3.13. The van der Waals surface area contributed by atoms with E-state index in [1.54, 1.807) is 18.2 Å². The Bertz CT molecular complexity index is 1200. The van der Waals surface area contributed by atoms with E-state index in [4.69, 9.17) is 9.84 Å². The second-order valence-electron chi connectivity index (χ2n) is 7.40. The molecule has 0 fully saturated rings. The second-order valence-corrected chi connectivity index (χ2v) is 7.40. The molecule has 162 valence electrons. The molecule has 0 saturated heterocycles. The van der Waals surface area contributed by atoms with Crippen molar-refractivity contribution in [3.05, 3.63) is 77.4 Å². The van der Waals surface area contributed by atoms with Gasteiger partial charge in [0.2, 0.25) is 0 Å². The number of carboxylic acids is 1. The summed E-state index contributed by atoms with van der Waals surface area (Å²) >= 11 is 0. The van der Waals surface area contributed by atoms with Crippen LogP contribution in [0.2, 0.25) is 0 Å². The standard InChI is InChI=1S/C24H21N3O5/c1-14-3-2-4-19(9-14)27-24(31)26-18-7-5-15(6-8-18)16-10-17-12-25-23(30)22(17)20(11-16)32-13-21(28)29/h2-11H,12-13H2,1H3,(H,25,30)(H,28,29)(H2,26,27,31). The van der Waals surface area contributed by atoms with Crippen molar-refractivity contribution in [2.24, 2.45) is 0 Å². The number of rotatable bonds is 6. The number of fused-ring (bicyclic) bond motifs is 1. The second kappa shape index (κ2) is 8.81. The Hall–Kier alpha value is -4.33. The van der Waals surface area contributed by atoms with Crippen LogP contribution in [0, 0.1) is 6.92 Å². The number of ether oxygens (including phenoxy) is 1. The first-order valence-corrected chi connectivity index (χ1v) is 9.94. The first kappa shape index (κ1) is 20.9. The Labute approximate surface area is 184 Å². The molecule has 1 aliphatic rings. The fourth-order valence-corrected chi connectivity index (χ4v) is 3.52. The molecule has 0 bridgehead atoms. The summed E-state index contributed by atoms with van der Waals surface area (Å²) in [7, 11) is 0. The third-order valence-corrected chi connectivity index (χ3v) is 4.95. The van der Waals surface area contributed by atoms with Gasteiger partial charge in [0.1, 0.15) is 5.75 Å². The van der Waals surface area contributed by atoms with Gasteiger partial charge in [-0.15, -0.1) is 0 Å². The monoisotopic (exact) mass is 431 g/mol. The van der Waals surface area contributed by atoms with E-state index in [0.29, 0.717) is 23.5 Å². The zero-order valence-electron chi connectivity index (χ0n) is 17.3. The summed E-state index contributed by atoms with van der Waals surface area (Å²) in [4.78, 5) is 35.2. The number of aryl methyl sites for hydroxylation is 1. The first-order valence-electron chi connectivity index (χ1n) is 9.94. The summed E-state index contributed by atoms with van der Waals surface area (Å²) < 4.78 is 5.36. The van der Waals surface area contributed by atoms with E-state index in [-0.39, 0.29) is 17.7 Å². The van der Waals surface area contributed by atoms with Crippen molar-refractivity contribution in [1.82, 2.24) is 5.32 Å². The van der Waals surface area contributed by atoms with Crippen LogP contribution in [-0.4, -0.2) is 29.6 Å². The van der Waals surface area contributed by atoms with Crippen LogP contribution < -0.4 is 20.7 Å². The minimum Gasteiger partial charge on any atom is -0.481 e. The molecular formula is C24H21N3O5. The number of carboxylic acid groups (broad SMARTS) is 1. The van der Waals surface area contributed by atoms with Gasteiger partial charge >= 0.3 is 12.0 Å². The zero-order valence-corrected chi connectivity index (χ0v) is 17.3. The van der Waals surface area contributed by atoms with Crippen molar-refractivity contribution < 1.29 is 24.2 Å². The predicted molar refractivity (Wildman–Crippen MR) is 120 cm³/mol. The molecule has 0 radical (unpaired) electrons. The van der Waals surface area contributed by atoms with Gasteiger partial charge in [-0.25, -0.2) is 9.59 Å². The fraction of sp³-hybridized carbons (Fsp3) is 0.125. The summed E-state index contributed by atoms with van der Waals surface area (Å²) in [5.41, 5.74) is 5.07. The number of carbonyl (C=O) groups excluding carboxylic acids is 2. The summed E-state index contributed by atoms with van der Waals surface area (Å²) in [6, 6.07) is 17.9. The lowest BCUT2D eigenvalue weighted by atomic mass is 9.99. The quantitative estimate of drug-likeness (QED) is 0.470. The van der Waals surface area contributed by atoms with E-state index >= 15 is 0 Å². The molecule has 8 heteroatoms. The maximum atomic E-state index is 12.3. The smallest absolute Gasteiger partial charge is 0.341 e. The van der Waals surface area contributed by atoms with Gasteiger partial charge in [0, 0.05) is 17.9 Å². The highest BCUT2D eigenvalue weighted by atomic mass is 16.5. The molecule has 3 amide bonds. The van der Waals surface area contributed by atoms with Crippen LogP contribution in [0.15, 0.2) is 60.7 Å². The SMILES string of the molecule is Cc1cccc(NC(=O)Nc2ccc(-c3cc4c(c(OCC(=O)O)c3)C(=O)NC4)cc2)c1. The normalized spacial score (nSPS) is 12.0. The molecule has 0 unspecified atom stereocenters. The van der Waals surface area contributed by atoms with Crippen molar-refractivity contribution in [3.63, 3.8) is 0 Å². The number of carbonyl (C=O) groups is 3. The third-order valence-electron chi connectivity index (χ3n) is 4.95. The van der Waals surface area contributed by atoms with Crippen LogP contribution in [-0.2, 0) is 11.3 Å². The van der Waals surface area contributed by atoms with Gasteiger partial charge in [-0.3, -0.25) is 4.79 Å². The van der Waals surface area contributed by atoms with Gasteiger partial charge in [-0.2, -0.15) is 0 Å². The van der Waals surface area contributed by atoms with Gasteiger partial charge < -0.3 is 25.8 Å². The van der Waals surface area contributed by atoms with Gasteiger partial charge in [0.05, 0.1) is 5.56 Å². The number of hydrogen-bond acceptors (Lipinski definition) is 4. The van der Waals surface area contributed by atoms with Crippen LogP contribution in [0.25, 0.3) is 11.1 Å². The van der Waals surface area contributed by atoms with Crippen molar-refractivity contribution in [1.29, 1.82) is 0 Å².